The Labute approximate surface area is 117 Å². The number of fused-ring (bicyclic) bond motifs is 1. The van der Waals surface area contributed by atoms with Crippen LogP contribution in [0.15, 0.2) is 54.6 Å². The number of carbonyl (C=O) groups excluding carboxylic acids is 1. The van der Waals surface area contributed by atoms with Gasteiger partial charge in [-0.25, -0.2) is 0 Å². The first-order chi connectivity index (χ1) is 9.83. The Morgan fingerprint density at radius 3 is 2.70 bits per heavy atom. The van der Waals surface area contributed by atoms with Gasteiger partial charge in [0.15, 0.2) is 0 Å². The molecular formula is C16H16N2O2. The van der Waals surface area contributed by atoms with Crippen LogP contribution in [0.3, 0.4) is 0 Å². The molecule has 0 spiro atoms. The van der Waals surface area contributed by atoms with Crippen LogP contribution in [0, 0.1) is 0 Å². The molecule has 1 heterocycles. The number of anilines is 1. The normalized spacial score (nSPS) is 16.1. The highest BCUT2D eigenvalue weighted by atomic mass is 16.5. The van der Waals surface area contributed by atoms with Crippen LogP contribution in [0.5, 0.6) is 5.75 Å². The number of para-hydroxylation sites is 2. The fourth-order valence-corrected chi connectivity index (χ4v) is 2.27. The van der Waals surface area contributed by atoms with Crippen molar-refractivity contribution in [1.82, 2.24) is 5.32 Å². The summed E-state index contributed by atoms with van der Waals surface area (Å²) in [6.45, 7) is 0.749. The first-order valence-corrected chi connectivity index (χ1v) is 6.63. The SMILES string of the molecule is O=C(CNc1ccccc1)NC1COc2ccccc21. The van der Waals surface area contributed by atoms with Crippen molar-refractivity contribution >= 4 is 11.6 Å². The van der Waals surface area contributed by atoms with Gasteiger partial charge in [-0.3, -0.25) is 4.79 Å². The predicted molar refractivity (Wildman–Crippen MR) is 77.8 cm³/mol. The Morgan fingerprint density at radius 2 is 1.85 bits per heavy atom. The lowest BCUT2D eigenvalue weighted by molar-refractivity contribution is -0.120. The highest BCUT2D eigenvalue weighted by Gasteiger charge is 2.24. The van der Waals surface area contributed by atoms with Gasteiger partial charge in [0.05, 0.1) is 12.6 Å². The molecule has 0 fully saturated rings. The second-order valence-electron chi connectivity index (χ2n) is 4.69. The Balaban J connectivity index is 1.55. The molecule has 4 heteroatoms. The molecule has 102 valence electrons. The van der Waals surface area contributed by atoms with Crippen molar-refractivity contribution in [3.05, 3.63) is 60.2 Å². The van der Waals surface area contributed by atoms with Gasteiger partial charge in [-0.15, -0.1) is 0 Å². The molecule has 2 N–H and O–H groups in total. The van der Waals surface area contributed by atoms with E-state index in [2.05, 4.69) is 10.6 Å². The van der Waals surface area contributed by atoms with Gasteiger partial charge in [0.2, 0.25) is 5.91 Å². The van der Waals surface area contributed by atoms with Gasteiger partial charge in [0, 0.05) is 11.3 Å². The molecule has 2 aromatic rings. The maximum Gasteiger partial charge on any atom is 0.239 e. The van der Waals surface area contributed by atoms with Gasteiger partial charge < -0.3 is 15.4 Å². The van der Waals surface area contributed by atoms with Crippen molar-refractivity contribution in [2.24, 2.45) is 0 Å². The number of hydrogen-bond acceptors (Lipinski definition) is 3. The van der Waals surface area contributed by atoms with Crippen molar-refractivity contribution in [1.29, 1.82) is 0 Å². The van der Waals surface area contributed by atoms with E-state index >= 15 is 0 Å². The number of nitrogens with one attached hydrogen (secondary N) is 2. The summed E-state index contributed by atoms with van der Waals surface area (Å²) in [6, 6.07) is 17.4. The van der Waals surface area contributed by atoms with E-state index in [0.29, 0.717) is 6.61 Å². The number of carbonyl (C=O) groups is 1. The van der Waals surface area contributed by atoms with E-state index in [-0.39, 0.29) is 18.5 Å². The summed E-state index contributed by atoms with van der Waals surface area (Å²) in [5.74, 6) is 0.813. The predicted octanol–water partition coefficient (Wildman–Crippen LogP) is 2.35. The standard InChI is InChI=1S/C16H16N2O2/c19-16(10-17-12-6-2-1-3-7-12)18-14-11-20-15-9-5-4-8-13(14)15/h1-9,14,17H,10-11H2,(H,18,19). The summed E-state index contributed by atoms with van der Waals surface area (Å²) in [5.41, 5.74) is 1.98. The van der Waals surface area contributed by atoms with Crippen LogP contribution in [0.4, 0.5) is 5.69 Å². The molecule has 0 aliphatic carbocycles. The van der Waals surface area contributed by atoms with E-state index in [1.54, 1.807) is 0 Å². The number of ether oxygens (including phenoxy) is 1. The van der Waals surface area contributed by atoms with Gasteiger partial charge in [-0.05, 0) is 18.2 Å². The lowest BCUT2D eigenvalue weighted by atomic mass is 10.1. The Bertz CT molecular complexity index is 598. The highest BCUT2D eigenvalue weighted by molar-refractivity contribution is 5.81. The van der Waals surface area contributed by atoms with Crippen LogP contribution < -0.4 is 15.4 Å². The van der Waals surface area contributed by atoms with E-state index in [1.165, 1.54) is 0 Å². The van der Waals surface area contributed by atoms with E-state index in [0.717, 1.165) is 17.0 Å². The monoisotopic (exact) mass is 268 g/mol. The van der Waals surface area contributed by atoms with Crippen molar-refractivity contribution in [3.63, 3.8) is 0 Å². The molecule has 0 saturated carbocycles. The van der Waals surface area contributed by atoms with Crippen LogP contribution in [0.1, 0.15) is 11.6 Å². The molecule has 1 aliphatic heterocycles. The maximum atomic E-state index is 12.0. The molecule has 3 rings (SSSR count). The summed E-state index contributed by atoms with van der Waals surface area (Å²) in [6.07, 6.45) is 0. The fourth-order valence-electron chi connectivity index (χ4n) is 2.27. The molecule has 0 bridgehead atoms. The second kappa shape index (κ2) is 5.65. The molecule has 1 aliphatic rings. The van der Waals surface area contributed by atoms with Gasteiger partial charge in [-0.2, -0.15) is 0 Å². The summed E-state index contributed by atoms with van der Waals surface area (Å²) in [4.78, 5) is 12.0. The lowest BCUT2D eigenvalue weighted by Crippen LogP contribution is -2.34. The smallest absolute Gasteiger partial charge is 0.239 e. The first kappa shape index (κ1) is 12.5. The molecule has 1 unspecified atom stereocenters. The third-order valence-corrected chi connectivity index (χ3v) is 3.26. The van der Waals surface area contributed by atoms with E-state index in [9.17, 15) is 4.79 Å². The quantitative estimate of drug-likeness (QED) is 0.895. The third-order valence-electron chi connectivity index (χ3n) is 3.26. The number of rotatable bonds is 4. The van der Waals surface area contributed by atoms with Crippen molar-refractivity contribution in [3.8, 4) is 5.75 Å². The molecule has 20 heavy (non-hydrogen) atoms. The summed E-state index contributed by atoms with van der Waals surface area (Å²) in [5, 5.41) is 6.07. The molecule has 4 nitrogen and oxygen atoms in total. The molecule has 0 aromatic heterocycles. The van der Waals surface area contributed by atoms with Crippen LogP contribution in [0.25, 0.3) is 0 Å². The minimum Gasteiger partial charge on any atom is -0.491 e. The Morgan fingerprint density at radius 1 is 1.10 bits per heavy atom. The van der Waals surface area contributed by atoms with Crippen LogP contribution in [-0.4, -0.2) is 19.1 Å². The largest absolute Gasteiger partial charge is 0.491 e. The zero-order valence-electron chi connectivity index (χ0n) is 11.0. The minimum absolute atomic E-state index is 0.0424. The van der Waals surface area contributed by atoms with E-state index in [4.69, 9.17) is 4.74 Å². The summed E-state index contributed by atoms with van der Waals surface area (Å²) in [7, 11) is 0. The van der Waals surface area contributed by atoms with Crippen LogP contribution in [-0.2, 0) is 4.79 Å². The van der Waals surface area contributed by atoms with Gasteiger partial charge in [-0.1, -0.05) is 36.4 Å². The van der Waals surface area contributed by atoms with Crippen molar-refractivity contribution < 1.29 is 9.53 Å². The topological polar surface area (TPSA) is 50.4 Å². The summed E-state index contributed by atoms with van der Waals surface area (Å²) < 4.78 is 5.54. The third kappa shape index (κ3) is 2.74. The molecular weight excluding hydrogens is 252 g/mol. The van der Waals surface area contributed by atoms with Crippen LogP contribution in [0.2, 0.25) is 0 Å². The average molecular weight is 268 g/mol. The number of amides is 1. The van der Waals surface area contributed by atoms with Crippen molar-refractivity contribution in [2.75, 3.05) is 18.5 Å². The van der Waals surface area contributed by atoms with Crippen LogP contribution >= 0.6 is 0 Å². The fraction of sp³-hybridized carbons (Fsp3) is 0.188. The summed E-state index contributed by atoms with van der Waals surface area (Å²) >= 11 is 0. The molecule has 2 aromatic carbocycles. The van der Waals surface area contributed by atoms with Gasteiger partial charge >= 0.3 is 0 Å². The van der Waals surface area contributed by atoms with E-state index in [1.807, 2.05) is 54.6 Å². The lowest BCUT2D eigenvalue weighted by Gasteiger charge is -2.12. The highest BCUT2D eigenvalue weighted by Crippen LogP contribution is 2.31. The van der Waals surface area contributed by atoms with Gasteiger partial charge in [0.1, 0.15) is 12.4 Å². The minimum atomic E-state index is -0.0590. The molecule has 0 saturated heterocycles. The maximum absolute atomic E-state index is 12.0. The molecule has 1 atom stereocenters. The zero-order chi connectivity index (χ0) is 13.8. The number of hydrogen-bond donors (Lipinski definition) is 2. The molecule has 1 amide bonds. The second-order valence-corrected chi connectivity index (χ2v) is 4.69. The molecule has 0 radical (unpaired) electrons. The average Bonchev–Trinajstić information content (AvgIpc) is 2.90. The Kier molecular flexibility index (Phi) is 3.54. The van der Waals surface area contributed by atoms with Gasteiger partial charge in [0.25, 0.3) is 0 Å². The van der Waals surface area contributed by atoms with E-state index < -0.39 is 0 Å². The van der Waals surface area contributed by atoms with Crippen molar-refractivity contribution in [2.45, 2.75) is 6.04 Å². The zero-order valence-corrected chi connectivity index (χ0v) is 11.0. The first-order valence-electron chi connectivity index (χ1n) is 6.63. The Hall–Kier alpha value is -2.49. The number of benzene rings is 2.